The van der Waals surface area contributed by atoms with Crippen molar-refractivity contribution in [1.82, 2.24) is 82.3 Å². The van der Waals surface area contributed by atoms with E-state index in [-0.39, 0.29) is 64.8 Å². The van der Waals surface area contributed by atoms with Crippen molar-refractivity contribution < 1.29 is 67.6 Å². The smallest absolute Gasteiger partial charge is 0.326 e. The average molecular weight is 1320 g/mol. The molecule has 6 aromatic rings. The first-order valence-corrected chi connectivity index (χ1v) is 31.6. The van der Waals surface area contributed by atoms with Crippen LogP contribution in [0.4, 0.5) is 0 Å². The normalized spacial score (nSPS) is 22.6. The molecular weight excluding hydrogens is 1240 g/mol. The van der Waals surface area contributed by atoms with E-state index in [0.29, 0.717) is 45.1 Å². The van der Waals surface area contributed by atoms with Gasteiger partial charge in [0, 0.05) is 51.6 Å². The Morgan fingerprint density at radius 3 is 1.22 bits per heavy atom. The highest BCUT2D eigenvalue weighted by Gasteiger charge is 2.46. The maximum atomic E-state index is 14.8. The fraction of sp³-hybridized carbons (Fsp3) is 0.424. The zero-order chi connectivity index (χ0) is 68.7. The molecule has 12 rings (SSSR count). The Labute approximate surface area is 553 Å². The highest BCUT2D eigenvalue weighted by molar-refractivity contribution is 5.97. The van der Waals surface area contributed by atoms with Crippen LogP contribution in [0.1, 0.15) is 86.3 Å². The van der Waals surface area contributed by atoms with Crippen LogP contribution in [0.5, 0.6) is 11.5 Å². The summed E-state index contributed by atoms with van der Waals surface area (Å²) in [5.74, 6) is -7.22. The van der Waals surface area contributed by atoms with Gasteiger partial charge in [-0.2, -0.15) is 0 Å². The minimum atomic E-state index is -1.48. The van der Waals surface area contributed by atoms with E-state index in [1.54, 1.807) is 150 Å². The number of hydrogen-bond acceptors (Lipinski definition) is 18. The number of likely N-dealkylation sites (N-methyl/N-ethyl adjacent to an activating group) is 2. The van der Waals surface area contributed by atoms with Crippen LogP contribution in [0, 0.1) is 0 Å². The third kappa shape index (κ3) is 18.0. The summed E-state index contributed by atoms with van der Waals surface area (Å²) in [5, 5.41) is 60.3. The molecule has 2 aromatic heterocycles. The van der Waals surface area contributed by atoms with Crippen molar-refractivity contribution in [3.8, 4) is 11.5 Å². The van der Waals surface area contributed by atoms with Crippen LogP contribution in [0.3, 0.4) is 0 Å². The van der Waals surface area contributed by atoms with Crippen LogP contribution in [0.2, 0.25) is 0 Å². The number of nitrogens with zero attached hydrogens (tertiary/aromatic N) is 8. The molecule has 0 aliphatic carbocycles. The Kier molecular flexibility index (Phi) is 23.2. The quantitative estimate of drug-likeness (QED) is 0.0682. The third-order valence-electron chi connectivity index (χ3n) is 17.3. The van der Waals surface area contributed by atoms with Crippen molar-refractivity contribution in [2.75, 3.05) is 27.2 Å². The molecule has 12 atom stereocenters. The number of carbonyl (C=O) groups is 10. The molecule has 30 heteroatoms. The van der Waals surface area contributed by atoms with Gasteiger partial charge in [-0.25, -0.2) is 19.0 Å². The van der Waals surface area contributed by atoms with Gasteiger partial charge in [0.15, 0.2) is 0 Å². The third-order valence-corrected chi connectivity index (χ3v) is 17.3. The Balaban J connectivity index is 1.01. The fourth-order valence-electron chi connectivity index (χ4n) is 11.5. The van der Waals surface area contributed by atoms with E-state index >= 15 is 0 Å². The fourth-order valence-corrected chi connectivity index (χ4v) is 11.5. The second-order valence-electron chi connectivity index (χ2n) is 24.2. The molecule has 96 heavy (non-hydrogen) atoms. The summed E-state index contributed by atoms with van der Waals surface area (Å²) in [6.45, 7) is 5.85. The Bertz CT molecular complexity index is 3500. The Morgan fingerprint density at radius 1 is 0.510 bits per heavy atom. The summed E-state index contributed by atoms with van der Waals surface area (Å²) < 4.78 is 15.1. The molecule has 0 radical (unpaired) electrons. The molecule has 12 bridgehead atoms. The van der Waals surface area contributed by atoms with Gasteiger partial charge in [0.05, 0.1) is 36.6 Å². The lowest BCUT2D eigenvalue weighted by atomic mass is 10.0. The molecule has 508 valence electrons. The van der Waals surface area contributed by atoms with Gasteiger partial charge in [0.2, 0.25) is 47.3 Å². The lowest BCUT2D eigenvalue weighted by molar-refractivity contribution is -0.143. The van der Waals surface area contributed by atoms with E-state index in [0.717, 1.165) is 0 Å². The van der Waals surface area contributed by atoms with Crippen molar-refractivity contribution in [2.45, 2.75) is 152 Å². The van der Waals surface area contributed by atoms with E-state index in [9.17, 15) is 58.2 Å². The number of amides is 8. The van der Waals surface area contributed by atoms with E-state index in [1.165, 1.54) is 33.0 Å². The van der Waals surface area contributed by atoms with Crippen molar-refractivity contribution >= 4 is 59.2 Å². The molecule has 2 saturated heterocycles. The first-order chi connectivity index (χ1) is 46.0. The molecule has 8 heterocycles. The van der Waals surface area contributed by atoms with Crippen LogP contribution in [-0.4, -0.2) is 197 Å². The number of benzene rings is 4. The minimum Gasteiger partial charge on any atom is -0.487 e. The van der Waals surface area contributed by atoms with Crippen LogP contribution >= 0.6 is 0 Å². The van der Waals surface area contributed by atoms with E-state index in [4.69, 9.17) is 9.47 Å². The standard InChI is InChI=1S/C66H80N16O14/c1-37(67-5)57(83)69-39(3)63(89)79-33-47-29-55(79)61(87)71-51(25-41-13-9-7-10-14-41)59(85)73-53(65(91)92)27-43-19-23-50(24-20-43)96-36-46-32-82(78-76-46)48-30-56(80(34-48)64(90)40(4)70-58(84)38(2)68-6)62(88)72-52(26-42-15-11-8-12-16-42)60(86)74-54(66(93)94)28-44-17-21-49(22-18-44)95-35-45-31-81(47)77-75-45/h7-24,31-32,37-40,47-48,51-56,67-68H,25-30,33-36H2,1-6H3,(H,69,83)(H,70,84)(H,71,87)(H,72,88)(H,73,85)(H,74,86)(H,91,92)(H,93,94)/t37-,38-,39-,40-,47-,48-,51-,52-,53-,54-,55-,56-/m0/s1. The monoisotopic (exact) mass is 1320 g/mol. The van der Waals surface area contributed by atoms with Gasteiger partial charge in [-0.05, 0) is 88.3 Å². The summed E-state index contributed by atoms with van der Waals surface area (Å²) in [5.41, 5.74) is 2.97. The number of aliphatic carboxylic acids is 2. The summed E-state index contributed by atoms with van der Waals surface area (Å²) in [6.07, 6.45) is 2.63. The predicted octanol–water partition coefficient (Wildman–Crippen LogP) is -0.0706. The van der Waals surface area contributed by atoms with Gasteiger partial charge in [-0.1, -0.05) is 95.4 Å². The van der Waals surface area contributed by atoms with Crippen molar-refractivity contribution in [3.63, 3.8) is 0 Å². The van der Waals surface area contributed by atoms with E-state index in [2.05, 4.69) is 63.2 Å². The van der Waals surface area contributed by atoms with E-state index < -0.39 is 132 Å². The van der Waals surface area contributed by atoms with Crippen molar-refractivity contribution in [3.05, 3.63) is 155 Å². The second-order valence-corrected chi connectivity index (χ2v) is 24.2. The number of likely N-dealkylation sites (tertiary alicyclic amines) is 2. The van der Waals surface area contributed by atoms with Crippen molar-refractivity contribution in [2.24, 2.45) is 0 Å². The molecule has 8 amide bonds. The number of hydrogen-bond donors (Lipinski definition) is 10. The number of carbonyl (C=O) groups excluding carboxylic acids is 8. The molecule has 0 unspecified atom stereocenters. The minimum absolute atomic E-state index is 0.0187. The first-order valence-electron chi connectivity index (χ1n) is 31.6. The highest BCUT2D eigenvalue weighted by Crippen LogP contribution is 2.31. The van der Waals surface area contributed by atoms with Crippen molar-refractivity contribution in [1.29, 1.82) is 0 Å². The molecule has 4 aromatic carbocycles. The maximum Gasteiger partial charge on any atom is 0.326 e. The van der Waals surface area contributed by atoms with Gasteiger partial charge >= 0.3 is 11.9 Å². The summed E-state index contributed by atoms with van der Waals surface area (Å²) >= 11 is 0. The van der Waals surface area contributed by atoms with Crippen LogP contribution < -0.4 is 52.0 Å². The first kappa shape index (κ1) is 69.7. The van der Waals surface area contributed by atoms with Crippen LogP contribution in [-0.2, 0) is 86.8 Å². The molecule has 2 fully saturated rings. The van der Waals surface area contributed by atoms with Crippen LogP contribution in [0.15, 0.2) is 122 Å². The molecule has 0 spiro atoms. The molecule has 6 aliphatic heterocycles. The molecular formula is C66H80N16O14. The lowest BCUT2D eigenvalue weighted by Gasteiger charge is -2.29. The van der Waals surface area contributed by atoms with Gasteiger partial charge in [-0.15, -0.1) is 10.2 Å². The topological polar surface area (TPSA) is 394 Å². The second kappa shape index (κ2) is 32.0. The Hall–Kier alpha value is -10.6. The summed E-state index contributed by atoms with van der Waals surface area (Å²) in [7, 11) is 3.18. The molecule has 30 nitrogen and oxygen atoms in total. The Morgan fingerprint density at radius 2 is 0.875 bits per heavy atom. The number of ether oxygens (including phenoxy) is 2. The van der Waals surface area contributed by atoms with Gasteiger partial charge in [0.1, 0.15) is 84.4 Å². The maximum absolute atomic E-state index is 14.8. The summed E-state index contributed by atoms with van der Waals surface area (Å²) in [4.78, 5) is 142. The van der Waals surface area contributed by atoms with E-state index in [1.807, 2.05) is 0 Å². The lowest BCUT2D eigenvalue weighted by Crippen LogP contribution is -2.58. The van der Waals surface area contributed by atoms with Gasteiger partial charge in [0.25, 0.3) is 0 Å². The number of carboxylic acids is 2. The predicted molar refractivity (Wildman–Crippen MR) is 343 cm³/mol. The number of aromatic nitrogens is 6. The average Bonchev–Trinajstić information content (AvgIpc) is 1.65. The largest absolute Gasteiger partial charge is 0.487 e. The molecule has 10 N–H and O–H groups in total. The zero-order valence-corrected chi connectivity index (χ0v) is 53.9. The number of nitrogens with one attached hydrogen (secondary N) is 8. The van der Waals surface area contributed by atoms with Gasteiger partial charge < -0.3 is 72.0 Å². The zero-order valence-electron chi connectivity index (χ0n) is 53.9. The highest BCUT2D eigenvalue weighted by atomic mass is 16.5. The SMILES string of the molecule is CN[C@@H](C)C(=O)N[C@@H](C)C(=O)N1C[C@@H]2C[C@H]1C(=O)N[C@@H](Cc1ccccc1)C(=O)N[C@H](C(=O)O)Cc1ccc(cc1)OCc1cn(nn1)[C@H]1C[C@@H](C(=O)N[C@@H](Cc3ccccc3)C(=O)N[C@H](C(=O)O)Cc3ccc(cc3)OCc3cn2nn3)N(C(=O)[C@H](C)NC(=O)[C@H](C)NC)C1. The van der Waals surface area contributed by atoms with Gasteiger partial charge in [-0.3, -0.25) is 38.4 Å². The number of rotatable bonds is 14. The molecule has 6 aliphatic rings. The summed E-state index contributed by atoms with van der Waals surface area (Å²) in [6, 6.07) is 17.5. The van der Waals surface area contributed by atoms with Crippen LogP contribution in [0.25, 0.3) is 0 Å². The molecule has 0 saturated carbocycles. The number of carboxylic acid groups (broad SMARTS) is 2.